The Morgan fingerprint density at radius 2 is 1.67 bits per heavy atom. The molecular weight excluding hydrogens is 386 g/mol. The van der Waals surface area contributed by atoms with Crippen molar-refractivity contribution in [3.63, 3.8) is 0 Å². The molecule has 162 valence electrons. The van der Waals surface area contributed by atoms with Crippen LogP contribution in [0, 0.1) is 0 Å². The van der Waals surface area contributed by atoms with Gasteiger partial charge in [0, 0.05) is 44.3 Å². The molecule has 0 bridgehead atoms. The van der Waals surface area contributed by atoms with Crippen molar-refractivity contribution < 1.29 is 23.8 Å². The maximum Gasteiger partial charge on any atom is 0.251 e. The van der Waals surface area contributed by atoms with E-state index in [2.05, 4.69) is 16.0 Å². The molecule has 8 nitrogen and oxygen atoms in total. The van der Waals surface area contributed by atoms with Gasteiger partial charge in [-0.05, 0) is 48.9 Å². The van der Waals surface area contributed by atoms with Crippen LogP contribution in [-0.4, -0.2) is 58.9 Å². The van der Waals surface area contributed by atoms with Crippen LogP contribution in [0.1, 0.15) is 16.8 Å². The van der Waals surface area contributed by atoms with Crippen molar-refractivity contribution in [3.05, 3.63) is 54.1 Å². The van der Waals surface area contributed by atoms with E-state index in [1.807, 2.05) is 0 Å². The van der Waals surface area contributed by atoms with E-state index in [0.717, 1.165) is 6.42 Å². The second-order valence-corrected chi connectivity index (χ2v) is 6.45. The molecule has 30 heavy (non-hydrogen) atoms. The lowest BCUT2D eigenvalue weighted by Gasteiger charge is -2.10. The molecule has 0 saturated carbocycles. The maximum atomic E-state index is 12.2. The molecule has 0 heterocycles. The van der Waals surface area contributed by atoms with Crippen LogP contribution in [0.4, 0.5) is 11.4 Å². The Balaban J connectivity index is 1.78. The van der Waals surface area contributed by atoms with Crippen LogP contribution in [0.2, 0.25) is 0 Å². The summed E-state index contributed by atoms with van der Waals surface area (Å²) in [5, 5.41) is 8.68. The second kappa shape index (κ2) is 13.2. The highest BCUT2D eigenvalue weighted by molar-refractivity contribution is 5.96. The summed E-state index contributed by atoms with van der Waals surface area (Å²) in [5.41, 5.74) is 1.89. The Morgan fingerprint density at radius 1 is 0.900 bits per heavy atom. The zero-order chi connectivity index (χ0) is 21.6. The van der Waals surface area contributed by atoms with Gasteiger partial charge in [-0.1, -0.05) is 6.07 Å². The number of anilines is 2. The van der Waals surface area contributed by atoms with Gasteiger partial charge in [-0.25, -0.2) is 0 Å². The number of nitrogens with one attached hydrogen (secondary N) is 3. The minimum atomic E-state index is -0.197. The zero-order valence-corrected chi connectivity index (χ0v) is 17.4. The summed E-state index contributed by atoms with van der Waals surface area (Å²) in [6.07, 6.45) is 0.751. The summed E-state index contributed by atoms with van der Waals surface area (Å²) in [4.78, 5) is 24.4. The number of amides is 2. The van der Waals surface area contributed by atoms with E-state index in [-0.39, 0.29) is 18.4 Å². The third kappa shape index (κ3) is 8.50. The smallest absolute Gasteiger partial charge is 0.251 e. The van der Waals surface area contributed by atoms with Crippen LogP contribution < -0.4 is 20.7 Å². The van der Waals surface area contributed by atoms with Gasteiger partial charge in [0.15, 0.2) is 0 Å². The average molecular weight is 415 g/mol. The third-order valence-electron chi connectivity index (χ3n) is 4.08. The Morgan fingerprint density at radius 3 is 2.40 bits per heavy atom. The number of ether oxygens (including phenoxy) is 3. The fourth-order valence-electron chi connectivity index (χ4n) is 2.56. The number of rotatable bonds is 13. The van der Waals surface area contributed by atoms with E-state index in [1.165, 1.54) is 0 Å². The van der Waals surface area contributed by atoms with Gasteiger partial charge in [0.05, 0.1) is 13.2 Å². The molecule has 2 aromatic rings. The summed E-state index contributed by atoms with van der Waals surface area (Å²) < 4.78 is 15.4. The molecule has 0 aliphatic rings. The lowest BCUT2D eigenvalue weighted by Crippen LogP contribution is -2.25. The Kier molecular flexibility index (Phi) is 10.2. The molecule has 0 fully saturated rings. The van der Waals surface area contributed by atoms with Crippen molar-refractivity contribution in [1.29, 1.82) is 0 Å². The van der Waals surface area contributed by atoms with Gasteiger partial charge in [-0.2, -0.15) is 0 Å². The number of carbonyl (C=O) groups excluding carboxylic acids is 2. The lowest BCUT2D eigenvalue weighted by molar-refractivity contribution is -0.114. The quantitative estimate of drug-likeness (QED) is 0.435. The molecule has 3 N–H and O–H groups in total. The number of hydrogen-bond acceptors (Lipinski definition) is 6. The van der Waals surface area contributed by atoms with Gasteiger partial charge < -0.3 is 30.2 Å². The van der Waals surface area contributed by atoms with E-state index in [9.17, 15) is 9.59 Å². The largest absolute Gasteiger partial charge is 0.491 e. The summed E-state index contributed by atoms with van der Waals surface area (Å²) >= 11 is 0. The molecule has 0 spiro atoms. The highest BCUT2D eigenvalue weighted by Gasteiger charge is 2.07. The van der Waals surface area contributed by atoms with Crippen LogP contribution in [0.25, 0.3) is 0 Å². The van der Waals surface area contributed by atoms with Gasteiger partial charge in [0.1, 0.15) is 12.4 Å². The summed E-state index contributed by atoms with van der Waals surface area (Å²) in [6.45, 7) is 2.20. The summed E-state index contributed by atoms with van der Waals surface area (Å²) in [6, 6.07) is 14.1. The van der Waals surface area contributed by atoms with Gasteiger partial charge in [-0.15, -0.1) is 0 Å². The van der Waals surface area contributed by atoms with Crippen molar-refractivity contribution in [2.75, 3.05) is 57.8 Å². The van der Waals surface area contributed by atoms with Crippen molar-refractivity contribution in [3.8, 4) is 5.75 Å². The predicted molar refractivity (Wildman–Crippen MR) is 116 cm³/mol. The van der Waals surface area contributed by atoms with Gasteiger partial charge in [0.25, 0.3) is 5.91 Å². The number of benzene rings is 2. The van der Waals surface area contributed by atoms with Gasteiger partial charge in [0.2, 0.25) is 5.91 Å². The van der Waals surface area contributed by atoms with Crippen molar-refractivity contribution >= 4 is 23.2 Å². The first-order valence-electron chi connectivity index (χ1n) is 9.75. The predicted octanol–water partition coefficient (Wildman–Crippen LogP) is 2.53. The molecule has 0 radical (unpaired) electrons. The standard InChI is InChI=1S/C22H29N3O5/c1-28-12-4-11-23-22(27)17-5-3-6-19(15-17)24-16-21(26)25-18-7-9-20(10-8-18)30-14-13-29-2/h3,5-10,15,24H,4,11-14,16H2,1-2H3,(H,23,27)(H,25,26). The summed E-state index contributed by atoms with van der Waals surface area (Å²) in [5.74, 6) is 0.352. The van der Waals surface area contributed by atoms with Crippen LogP contribution in [0.3, 0.4) is 0 Å². The number of hydrogen-bond donors (Lipinski definition) is 3. The molecule has 2 amide bonds. The van der Waals surface area contributed by atoms with Crippen LogP contribution in [0.5, 0.6) is 5.75 Å². The Labute approximate surface area is 176 Å². The fourth-order valence-corrected chi connectivity index (χ4v) is 2.56. The van der Waals surface area contributed by atoms with E-state index in [4.69, 9.17) is 14.2 Å². The lowest BCUT2D eigenvalue weighted by atomic mass is 10.2. The minimum Gasteiger partial charge on any atom is -0.491 e. The van der Waals surface area contributed by atoms with Crippen LogP contribution in [0.15, 0.2) is 48.5 Å². The van der Waals surface area contributed by atoms with Gasteiger partial charge >= 0.3 is 0 Å². The van der Waals surface area contributed by atoms with Crippen molar-refractivity contribution in [1.82, 2.24) is 5.32 Å². The molecule has 0 unspecified atom stereocenters. The molecule has 0 atom stereocenters. The van der Waals surface area contributed by atoms with E-state index >= 15 is 0 Å². The SMILES string of the molecule is COCCCNC(=O)c1cccc(NCC(=O)Nc2ccc(OCCOC)cc2)c1. The van der Waals surface area contributed by atoms with Crippen molar-refractivity contribution in [2.24, 2.45) is 0 Å². The van der Waals surface area contributed by atoms with E-state index in [1.54, 1.807) is 62.8 Å². The van der Waals surface area contributed by atoms with Crippen LogP contribution >= 0.6 is 0 Å². The first-order valence-corrected chi connectivity index (χ1v) is 9.75. The molecular formula is C22H29N3O5. The minimum absolute atomic E-state index is 0.0744. The Bertz CT molecular complexity index is 796. The first kappa shape index (κ1) is 23.2. The monoisotopic (exact) mass is 415 g/mol. The molecule has 0 aromatic heterocycles. The molecule has 8 heteroatoms. The second-order valence-electron chi connectivity index (χ2n) is 6.45. The molecule has 0 saturated heterocycles. The van der Waals surface area contributed by atoms with E-state index in [0.29, 0.717) is 49.1 Å². The van der Waals surface area contributed by atoms with E-state index < -0.39 is 0 Å². The normalized spacial score (nSPS) is 10.3. The molecule has 2 rings (SSSR count). The average Bonchev–Trinajstić information content (AvgIpc) is 2.77. The van der Waals surface area contributed by atoms with Crippen molar-refractivity contribution in [2.45, 2.75) is 6.42 Å². The maximum absolute atomic E-state index is 12.2. The number of methoxy groups -OCH3 is 2. The highest BCUT2D eigenvalue weighted by atomic mass is 16.5. The van der Waals surface area contributed by atoms with Crippen LogP contribution in [-0.2, 0) is 14.3 Å². The highest BCUT2D eigenvalue weighted by Crippen LogP contribution is 2.16. The third-order valence-corrected chi connectivity index (χ3v) is 4.08. The summed E-state index contributed by atoms with van der Waals surface area (Å²) in [7, 11) is 3.24. The zero-order valence-electron chi connectivity index (χ0n) is 17.4. The molecule has 2 aromatic carbocycles. The van der Waals surface area contributed by atoms with Gasteiger partial charge in [-0.3, -0.25) is 9.59 Å². The Hall–Kier alpha value is -3.10. The first-order chi connectivity index (χ1) is 14.6. The topological polar surface area (TPSA) is 97.9 Å². The number of carbonyl (C=O) groups is 2. The fraction of sp³-hybridized carbons (Fsp3) is 0.364. The molecule has 0 aliphatic heterocycles. The molecule has 0 aliphatic carbocycles.